The van der Waals surface area contributed by atoms with Gasteiger partial charge in [0.1, 0.15) is 5.76 Å². The first-order chi connectivity index (χ1) is 7.18. The van der Waals surface area contributed by atoms with Crippen molar-refractivity contribution < 1.29 is 19.4 Å². The Labute approximate surface area is 88.6 Å². The van der Waals surface area contributed by atoms with Crippen LogP contribution in [0.2, 0.25) is 0 Å². The van der Waals surface area contributed by atoms with Gasteiger partial charge < -0.3 is 14.6 Å². The average molecular weight is 225 g/mol. The van der Waals surface area contributed by atoms with Gasteiger partial charge in [0.25, 0.3) is 0 Å². The molecule has 2 rings (SSSR count). The van der Waals surface area contributed by atoms with Crippen molar-refractivity contribution in [2.24, 2.45) is 0 Å². The monoisotopic (exact) mass is 225 g/mol. The Morgan fingerprint density at radius 1 is 1.53 bits per heavy atom. The van der Waals surface area contributed by atoms with E-state index >= 15 is 0 Å². The number of carboxylic acid groups (broad SMARTS) is 1. The molecule has 78 valence electrons. The summed E-state index contributed by atoms with van der Waals surface area (Å²) >= 11 is 1.35. The van der Waals surface area contributed by atoms with Gasteiger partial charge in [0.05, 0.1) is 11.2 Å². The number of aromatic nitrogens is 1. The molecule has 0 radical (unpaired) electrons. The average Bonchev–Trinajstić information content (AvgIpc) is 2.88. The van der Waals surface area contributed by atoms with Gasteiger partial charge in [0.2, 0.25) is 5.76 Å². The van der Waals surface area contributed by atoms with E-state index in [9.17, 15) is 9.90 Å². The summed E-state index contributed by atoms with van der Waals surface area (Å²) in [4.78, 5) is 14.4. The molecule has 0 spiro atoms. The molecule has 5 nitrogen and oxygen atoms in total. The second-order valence-electron chi connectivity index (χ2n) is 2.82. The second kappa shape index (κ2) is 3.84. The van der Waals surface area contributed by atoms with Crippen molar-refractivity contribution in [3.05, 3.63) is 40.2 Å². The van der Waals surface area contributed by atoms with Crippen LogP contribution < -0.4 is 0 Å². The van der Waals surface area contributed by atoms with Crippen LogP contribution in [0.15, 0.2) is 27.4 Å². The van der Waals surface area contributed by atoms with E-state index in [0.717, 1.165) is 0 Å². The molecule has 0 aliphatic heterocycles. The number of thiazole rings is 1. The summed E-state index contributed by atoms with van der Waals surface area (Å²) in [6.07, 6.45) is -1.01. The number of carboxylic acids is 1. The highest BCUT2D eigenvalue weighted by molar-refractivity contribution is 7.07. The van der Waals surface area contributed by atoms with Crippen LogP contribution in [0, 0.1) is 0 Å². The molecule has 0 aliphatic rings. The van der Waals surface area contributed by atoms with Crippen LogP contribution in [-0.2, 0) is 0 Å². The highest BCUT2D eigenvalue weighted by Gasteiger charge is 2.18. The summed E-state index contributed by atoms with van der Waals surface area (Å²) in [6.45, 7) is 0. The summed E-state index contributed by atoms with van der Waals surface area (Å²) in [5, 5.41) is 20.0. The van der Waals surface area contributed by atoms with Gasteiger partial charge in [-0.1, -0.05) is 0 Å². The largest absolute Gasteiger partial charge is 0.475 e. The van der Waals surface area contributed by atoms with E-state index in [1.807, 2.05) is 0 Å². The number of carbonyl (C=O) groups is 1. The molecule has 0 bridgehead atoms. The predicted molar refractivity (Wildman–Crippen MR) is 51.8 cm³/mol. The number of hydrogen-bond donors (Lipinski definition) is 2. The molecule has 2 N–H and O–H groups in total. The molecule has 1 unspecified atom stereocenters. The lowest BCUT2D eigenvalue weighted by Crippen LogP contribution is -1.98. The first-order valence-corrected chi connectivity index (χ1v) is 5.02. The van der Waals surface area contributed by atoms with Gasteiger partial charge in [-0.3, -0.25) is 0 Å². The standard InChI is InChI=1S/C9H7NO4S/c11-8(5-3-15-4-10-5)6-1-2-7(14-6)9(12)13/h1-4,8,11H,(H,12,13). The molecule has 0 aliphatic carbocycles. The third kappa shape index (κ3) is 1.90. The molecule has 0 saturated carbocycles. The van der Waals surface area contributed by atoms with Crippen molar-refractivity contribution in [3.63, 3.8) is 0 Å². The van der Waals surface area contributed by atoms with Crippen molar-refractivity contribution in [2.45, 2.75) is 6.10 Å². The van der Waals surface area contributed by atoms with Crippen LogP contribution in [0.4, 0.5) is 0 Å². The number of furan rings is 1. The lowest BCUT2D eigenvalue weighted by molar-refractivity contribution is 0.0654. The Kier molecular flexibility index (Phi) is 2.53. The van der Waals surface area contributed by atoms with Gasteiger partial charge in [0.15, 0.2) is 6.10 Å². The van der Waals surface area contributed by atoms with E-state index in [1.165, 1.54) is 23.5 Å². The summed E-state index contributed by atoms with van der Waals surface area (Å²) in [7, 11) is 0. The molecule has 0 saturated heterocycles. The van der Waals surface area contributed by atoms with Gasteiger partial charge in [-0.15, -0.1) is 11.3 Å². The van der Waals surface area contributed by atoms with Crippen molar-refractivity contribution >= 4 is 17.3 Å². The maximum absolute atomic E-state index is 10.5. The fraction of sp³-hybridized carbons (Fsp3) is 0.111. The fourth-order valence-corrected chi connectivity index (χ4v) is 1.69. The Hall–Kier alpha value is -1.66. The number of aliphatic hydroxyl groups excluding tert-OH is 1. The molecule has 2 aromatic heterocycles. The van der Waals surface area contributed by atoms with Crippen molar-refractivity contribution in [1.29, 1.82) is 0 Å². The van der Waals surface area contributed by atoms with Crippen LogP contribution in [0.3, 0.4) is 0 Å². The lowest BCUT2D eigenvalue weighted by atomic mass is 10.2. The minimum absolute atomic E-state index is 0.179. The van der Waals surface area contributed by atoms with Gasteiger partial charge in [-0.05, 0) is 12.1 Å². The summed E-state index contributed by atoms with van der Waals surface area (Å²) in [5.74, 6) is -1.18. The van der Waals surface area contributed by atoms with Crippen molar-refractivity contribution in [2.75, 3.05) is 0 Å². The summed E-state index contributed by atoms with van der Waals surface area (Å²) < 4.78 is 4.95. The van der Waals surface area contributed by atoms with Crippen LogP contribution in [0.1, 0.15) is 28.1 Å². The number of hydrogen-bond acceptors (Lipinski definition) is 5. The van der Waals surface area contributed by atoms with Crippen LogP contribution >= 0.6 is 11.3 Å². The third-order valence-electron chi connectivity index (χ3n) is 1.84. The first kappa shape index (κ1) is 9.88. The molecular weight excluding hydrogens is 218 g/mol. The van der Waals surface area contributed by atoms with E-state index in [-0.39, 0.29) is 11.5 Å². The maximum Gasteiger partial charge on any atom is 0.371 e. The Morgan fingerprint density at radius 3 is 2.87 bits per heavy atom. The zero-order valence-corrected chi connectivity index (χ0v) is 8.27. The van der Waals surface area contributed by atoms with E-state index in [2.05, 4.69) is 4.98 Å². The molecule has 15 heavy (non-hydrogen) atoms. The number of nitrogens with zero attached hydrogens (tertiary/aromatic N) is 1. The van der Waals surface area contributed by atoms with Gasteiger partial charge in [-0.2, -0.15) is 0 Å². The summed E-state index contributed by atoms with van der Waals surface area (Å²) in [6, 6.07) is 2.72. The van der Waals surface area contributed by atoms with Gasteiger partial charge in [0, 0.05) is 5.38 Å². The Balaban J connectivity index is 2.26. The van der Waals surface area contributed by atoms with Crippen molar-refractivity contribution in [1.82, 2.24) is 4.98 Å². The molecule has 6 heteroatoms. The van der Waals surface area contributed by atoms with Crippen LogP contribution in [0.25, 0.3) is 0 Å². The normalized spacial score (nSPS) is 12.6. The van der Waals surface area contributed by atoms with Crippen LogP contribution in [0.5, 0.6) is 0 Å². The molecule has 0 fully saturated rings. The number of rotatable bonds is 3. The topological polar surface area (TPSA) is 83.6 Å². The smallest absolute Gasteiger partial charge is 0.371 e. The zero-order valence-electron chi connectivity index (χ0n) is 7.45. The SMILES string of the molecule is O=C(O)c1ccc(C(O)c2cscn2)o1. The van der Waals surface area contributed by atoms with E-state index in [4.69, 9.17) is 9.52 Å². The van der Waals surface area contributed by atoms with E-state index in [0.29, 0.717) is 5.69 Å². The van der Waals surface area contributed by atoms with E-state index < -0.39 is 12.1 Å². The minimum atomic E-state index is -1.16. The lowest BCUT2D eigenvalue weighted by Gasteiger charge is -2.02. The van der Waals surface area contributed by atoms with Crippen LogP contribution in [-0.4, -0.2) is 21.2 Å². The highest BCUT2D eigenvalue weighted by Crippen LogP contribution is 2.23. The molecular formula is C9H7NO4S. The Morgan fingerprint density at radius 2 is 2.33 bits per heavy atom. The molecule has 1 atom stereocenters. The van der Waals surface area contributed by atoms with Gasteiger partial charge >= 0.3 is 5.97 Å². The maximum atomic E-state index is 10.5. The second-order valence-corrected chi connectivity index (χ2v) is 3.54. The van der Waals surface area contributed by atoms with Gasteiger partial charge in [-0.25, -0.2) is 9.78 Å². The third-order valence-corrected chi connectivity index (χ3v) is 2.44. The minimum Gasteiger partial charge on any atom is -0.475 e. The highest BCUT2D eigenvalue weighted by atomic mass is 32.1. The molecule has 0 aromatic carbocycles. The van der Waals surface area contributed by atoms with E-state index in [1.54, 1.807) is 10.9 Å². The first-order valence-electron chi connectivity index (χ1n) is 4.07. The number of aromatic carboxylic acids is 1. The number of aliphatic hydroxyl groups is 1. The van der Waals surface area contributed by atoms with Crippen molar-refractivity contribution in [3.8, 4) is 0 Å². The predicted octanol–water partition coefficient (Wildman–Crippen LogP) is 1.52. The quantitative estimate of drug-likeness (QED) is 0.827. The molecule has 2 heterocycles. The zero-order chi connectivity index (χ0) is 10.8. The summed E-state index contributed by atoms with van der Waals surface area (Å²) in [5.41, 5.74) is 2.03. The Bertz CT molecular complexity index is 462. The fourth-order valence-electron chi connectivity index (χ4n) is 1.12. The molecule has 0 amide bonds. The molecule has 2 aromatic rings.